The van der Waals surface area contributed by atoms with E-state index in [9.17, 15) is 5.11 Å². The van der Waals surface area contributed by atoms with Crippen molar-refractivity contribution in [3.8, 4) is 0 Å². The molecule has 1 N–H and O–H groups in total. The van der Waals surface area contributed by atoms with Gasteiger partial charge < -0.3 is 9.84 Å². The maximum atomic E-state index is 9.56. The first kappa shape index (κ1) is 11.3. The third kappa shape index (κ3) is 6.66. The highest BCUT2D eigenvalue weighted by atomic mass is 32.2. The maximum absolute atomic E-state index is 9.56. The predicted molar refractivity (Wildman–Crippen MR) is 50.1 cm³/mol. The monoisotopic (exact) mass is 178 g/mol. The molecule has 1 unspecified atom stereocenters. The molecular weight excluding hydrogens is 160 g/mol. The highest BCUT2D eigenvalue weighted by Crippen LogP contribution is 2.15. The first-order chi connectivity index (χ1) is 5.12. The fourth-order valence-electron chi connectivity index (χ4n) is 0.536. The topological polar surface area (TPSA) is 29.5 Å². The molecule has 0 aliphatic carbocycles. The van der Waals surface area contributed by atoms with Crippen molar-refractivity contribution in [1.29, 1.82) is 0 Å². The van der Waals surface area contributed by atoms with Gasteiger partial charge in [0.1, 0.15) is 0 Å². The lowest BCUT2D eigenvalue weighted by Gasteiger charge is -2.20. The molecule has 0 aromatic carbocycles. The molecule has 0 bridgehead atoms. The maximum Gasteiger partial charge on any atom is 0.0707 e. The van der Waals surface area contributed by atoms with Crippen molar-refractivity contribution in [3.63, 3.8) is 0 Å². The Kier molecular flexibility index (Phi) is 6.01. The van der Waals surface area contributed by atoms with Crippen molar-refractivity contribution in [2.75, 3.05) is 25.2 Å². The number of aliphatic hydroxyl groups is 1. The van der Waals surface area contributed by atoms with E-state index < -0.39 is 5.60 Å². The van der Waals surface area contributed by atoms with Crippen LogP contribution in [-0.2, 0) is 4.74 Å². The summed E-state index contributed by atoms with van der Waals surface area (Å²) in [6, 6.07) is 0. The van der Waals surface area contributed by atoms with E-state index in [1.807, 2.05) is 13.8 Å². The Balaban J connectivity index is 3.23. The number of hydrogen-bond donors (Lipinski definition) is 1. The largest absolute Gasteiger partial charge is 0.389 e. The van der Waals surface area contributed by atoms with Crippen molar-refractivity contribution >= 4 is 11.8 Å². The predicted octanol–water partition coefficient (Wildman–Crippen LogP) is 1.53. The van der Waals surface area contributed by atoms with E-state index in [0.29, 0.717) is 0 Å². The zero-order valence-corrected chi connectivity index (χ0v) is 8.41. The van der Waals surface area contributed by atoms with Gasteiger partial charge in [0.2, 0.25) is 0 Å². The van der Waals surface area contributed by atoms with Gasteiger partial charge in [-0.15, -0.1) is 0 Å². The van der Waals surface area contributed by atoms with Gasteiger partial charge in [0.15, 0.2) is 0 Å². The zero-order valence-electron chi connectivity index (χ0n) is 7.59. The second-order valence-corrected chi connectivity index (χ2v) is 4.00. The Labute approximate surface area is 73.3 Å². The standard InChI is InChI=1S/C8H18O2S/c1-4-8(2,9)7-11-6-5-10-3/h9H,4-7H2,1-3H3. The van der Waals surface area contributed by atoms with Gasteiger partial charge in [0, 0.05) is 18.6 Å². The zero-order chi connectivity index (χ0) is 8.74. The second-order valence-electron chi connectivity index (χ2n) is 2.90. The molecule has 1 atom stereocenters. The molecule has 0 rings (SSSR count). The van der Waals surface area contributed by atoms with E-state index in [2.05, 4.69) is 0 Å². The van der Waals surface area contributed by atoms with Crippen LogP contribution in [0.25, 0.3) is 0 Å². The quantitative estimate of drug-likeness (QED) is 0.625. The molecule has 0 saturated carbocycles. The van der Waals surface area contributed by atoms with Crippen LogP contribution in [0.4, 0.5) is 0 Å². The Morgan fingerprint density at radius 2 is 2.18 bits per heavy atom. The Morgan fingerprint density at radius 1 is 1.55 bits per heavy atom. The van der Waals surface area contributed by atoms with Gasteiger partial charge in [-0.05, 0) is 13.3 Å². The Bertz CT molecular complexity index is 94.1. The molecule has 0 fully saturated rings. The van der Waals surface area contributed by atoms with Gasteiger partial charge in [-0.2, -0.15) is 11.8 Å². The third-order valence-electron chi connectivity index (χ3n) is 1.61. The fourth-order valence-corrected chi connectivity index (χ4v) is 1.61. The molecule has 2 nitrogen and oxygen atoms in total. The van der Waals surface area contributed by atoms with Gasteiger partial charge in [0.05, 0.1) is 12.2 Å². The van der Waals surface area contributed by atoms with Crippen molar-refractivity contribution < 1.29 is 9.84 Å². The van der Waals surface area contributed by atoms with E-state index in [4.69, 9.17) is 4.74 Å². The van der Waals surface area contributed by atoms with E-state index in [0.717, 1.165) is 24.5 Å². The van der Waals surface area contributed by atoms with Crippen LogP contribution in [-0.4, -0.2) is 35.9 Å². The van der Waals surface area contributed by atoms with Crippen molar-refractivity contribution in [3.05, 3.63) is 0 Å². The molecule has 0 radical (unpaired) electrons. The van der Waals surface area contributed by atoms with Gasteiger partial charge in [-0.3, -0.25) is 0 Å². The molecule has 68 valence electrons. The van der Waals surface area contributed by atoms with Crippen LogP contribution in [0.2, 0.25) is 0 Å². The van der Waals surface area contributed by atoms with Crippen LogP contribution in [0.3, 0.4) is 0 Å². The molecule has 11 heavy (non-hydrogen) atoms. The molecule has 0 heterocycles. The average Bonchev–Trinajstić information content (AvgIpc) is 1.99. The van der Waals surface area contributed by atoms with E-state index in [1.165, 1.54) is 0 Å². The first-order valence-corrected chi connectivity index (χ1v) is 5.07. The minimum atomic E-state index is -0.502. The highest BCUT2D eigenvalue weighted by molar-refractivity contribution is 7.99. The van der Waals surface area contributed by atoms with Crippen LogP contribution < -0.4 is 0 Å². The summed E-state index contributed by atoms with van der Waals surface area (Å²) in [5, 5.41) is 9.56. The Hall–Kier alpha value is 0.270. The van der Waals surface area contributed by atoms with Crippen LogP contribution in [0.1, 0.15) is 20.3 Å². The summed E-state index contributed by atoms with van der Waals surface area (Å²) in [4.78, 5) is 0. The van der Waals surface area contributed by atoms with E-state index in [-0.39, 0.29) is 0 Å². The van der Waals surface area contributed by atoms with Crippen LogP contribution in [0.15, 0.2) is 0 Å². The summed E-state index contributed by atoms with van der Waals surface area (Å²) in [7, 11) is 1.69. The lowest BCUT2D eigenvalue weighted by atomic mass is 10.1. The number of ether oxygens (including phenoxy) is 1. The lowest BCUT2D eigenvalue weighted by Crippen LogP contribution is -2.26. The van der Waals surface area contributed by atoms with E-state index in [1.54, 1.807) is 18.9 Å². The molecule has 0 aromatic rings. The van der Waals surface area contributed by atoms with Crippen LogP contribution >= 0.6 is 11.8 Å². The highest BCUT2D eigenvalue weighted by Gasteiger charge is 2.16. The lowest BCUT2D eigenvalue weighted by molar-refractivity contribution is 0.0815. The number of thioether (sulfide) groups is 1. The molecule has 0 saturated heterocycles. The molecule has 3 heteroatoms. The molecule has 0 aliphatic heterocycles. The summed E-state index contributed by atoms with van der Waals surface area (Å²) in [6.45, 7) is 4.63. The van der Waals surface area contributed by atoms with Gasteiger partial charge in [-0.1, -0.05) is 6.92 Å². The minimum absolute atomic E-state index is 0.502. The molecule has 0 amide bonds. The molecule has 0 aromatic heterocycles. The average molecular weight is 178 g/mol. The van der Waals surface area contributed by atoms with Crippen LogP contribution in [0, 0.1) is 0 Å². The van der Waals surface area contributed by atoms with E-state index >= 15 is 0 Å². The van der Waals surface area contributed by atoms with Gasteiger partial charge in [-0.25, -0.2) is 0 Å². The third-order valence-corrected chi connectivity index (χ3v) is 2.89. The van der Waals surface area contributed by atoms with Crippen LogP contribution in [0.5, 0.6) is 0 Å². The van der Waals surface area contributed by atoms with Gasteiger partial charge in [0.25, 0.3) is 0 Å². The smallest absolute Gasteiger partial charge is 0.0707 e. The number of methoxy groups -OCH3 is 1. The SMILES string of the molecule is CCC(C)(O)CSCCOC. The van der Waals surface area contributed by atoms with Crippen molar-refractivity contribution in [1.82, 2.24) is 0 Å². The fraction of sp³-hybridized carbons (Fsp3) is 1.00. The van der Waals surface area contributed by atoms with Crippen molar-refractivity contribution in [2.45, 2.75) is 25.9 Å². The summed E-state index contributed by atoms with van der Waals surface area (Å²) in [5.41, 5.74) is -0.502. The molecule has 0 aliphatic rings. The number of rotatable bonds is 6. The normalized spacial score (nSPS) is 16.4. The summed E-state index contributed by atoms with van der Waals surface area (Å²) in [5.74, 6) is 1.76. The number of hydrogen-bond acceptors (Lipinski definition) is 3. The second kappa shape index (κ2) is 5.86. The van der Waals surface area contributed by atoms with Crippen molar-refractivity contribution in [2.24, 2.45) is 0 Å². The summed E-state index contributed by atoms with van der Waals surface area (Å²) < 4.78 is 4.89. The molecular formula is C8H18O2S. The first-order valence-electron chi connectivity index (χ1n) is 3.91. The summed E-state index contributed by atoms with van der Waals surface area (Å²) in [6.07, 6.45) is 0.812. The molecule has 0 spiro atoms. The summed E-state index contributed by atoms with van der Waals surface area (Å²) >= 11 is 1.73. The Morgan fingerprint density at radius 3 is 2.64 bits per heavy atom. The minimum Gasteiger partial charge on any atom is -0.389 e. The van der Waals surface area contributed by atoms with Gasteiger partial charge >= 0.3 is 0 Å².